The van der Waals surface area contributed by atoms with Crippen molar-refractivity contribution in [2.24, 2.45) is 0 Å². The molecule has 1 aromatic heterocycles. The first-order chi connectivity index (χ1) is 12.4. The molecule has 4 rings (SSSR count). The summed E-state index contributed by atoms with van der Waals surface area (Å²) in [5.74, 6) is 1.18. The summed E-state index contributed by atoms with van der Waals surface area (Å²) in [7, 11) is 0. The number of carbonyl (C=O) groups excluding carboxylic acids is 2. The zero-order valence-electron chi connectivity index (χ0n) is 15.2. The Morgan fingerprint density at radius 2 is 2.04 bits per heavy atom. The number of thioether (sulfide) groups is 1. The van der Waals surface area contributed by atoms with E-state index >= 15 is 0 Å². The molecule has 2 aliphatic rings. The lowest BCUT2D eigenvalue weighted by Gasteiger charge is -2.29. The summed E-state index contributed by atoms with van der Waals surface area (Å²) < 4.78 is 1.74. The van der Waals surface area contributed by atoms with E-state index in [9.17, 15) is 9.59 Å². The summed E-state index contributed by atoms with van der Waals surface area (Å²) >= 11 is 1.70. The van der Waals surface area contributed by atoms with Crippen LogP contribution in [0, 0.1) is 13.8 Å². The van der Waals surface area contributed by atoms with Crippen LogP contribution in [0.4, 0.5) is 5.82 Å². The van der Waals surface area contributed by atoms with Crippen LogP contribution in [0.2, 0.25) is 0 Å². The average Bonchev–Trinajstić information content (AvgIpc) is 3.22. The Hall–Kier alpha value is -2.28. The van der Waals surface area contributed by atoms with Gasteiger partial charge in [-0.1, -0.05) is 17.7 Å². The van der Waals surface area contributed by atoms with Gasteiger partial charge in [0.1, 0.15) is 11.9 Å². The third kappa shape index (κ3) is 2.80. The Balaban J connectivity index is 1.59. The van der Waals surface area contributed by atoms with Crippen LogP contribution in [0.25, 0.3) is 5.69 Å². The van der Waals surface area contributed by atoms with Crippen LogP contribution in [0.1, 0.15) is 31.0 Å². The van der Waals surface area contributed by atoms with E-state index in [1.807, 2.05) is 44.2 Å². The van der Waals surface area contributed by atoms with Crippen LogP contribution in [0.15, 0.2) is 30.3 Å². The predicted octanol–water partition coefficient (Wildman–Crippen LogP) is 2.88. The van der Waals surface area contributed by atoms with Crippen molar-refractivity contribution in [2.75, 3.05) is 11.1 Å². The summed E-state index contributed by atoms with van der Waals surface area (Å²) in [6, 6.07) is 9.40. The topological polar surface area (TPSA) is 67.2 Å². The molecular formula is C19H22N4O2S. The van der Waals surface area contributed by atoms with Gasteiger partial charge in [0, 0.05) is 18.2 Å². The molecule has 136 valence electrons. The molecule has 7 heteroatoms. The molecule has 0 aliphatic carbocycles. The lowest BCUT2D eigenvalue weighted by Crippen LogP contribution is -2.48. The Bertz CT molecular complexity index is 876. The van der Waals surface area contributed by atoms with E-state index in [4.69, 9.17) is 0 Å². The largest absolute Gasteiger partial charge is 0.315 e. The van der Waals surface area contributed by atoms with Gasteiger partial charge < -0.3 is 10.2 Å². The minimum atomic E-state index is -0.429. The first-order valence-corrected chi connectivity index (χ1v) is 9.77. The highest BCUT2D eigenvalue weighted by Crippen LogP contribution is 2.47. The standard InChI is InChI=1S/C19H22N4O2S/c1-12-4-6-14(7-5-12)23-16(10-13(2)21-23)20-18(25)15-11-26-19(3)9-8-17(24)22(15)19/h4-7,10,15H,8-9,11H2,1-3H3,(H,20,25)/t15-,19-/m1/s1. The molecule has 0 spiro atoms. The number of hydrogen-bond donors (Lipinski definition) is 1. The molecule has 0 bridgehead atoms. The fourth-order valence-corrected chi connectivity index (χ4v) is 5.13. The van der Waals surface area contributed by atoms with Crippen LogP contribution in [0.3, 0.4) is 0 Å². The lowest BCUT2D eigenvalue weighted by atomic mass is 10.2. The van der Waals surface area contributed by atoms with Crippen LogP contribution >= 0.6 is 11.8 Å². The van der Waals surface area contributed by atoms with Crippen molar-refractivity contribution < 1.29 is 9.59 Å². The van der Waals surface area contributed by atoms with Gasteiger partial charge in [0.2, 0.25) is 11.8 Å². The number of rotatable bonds is 3. The molecule has 2 atom stereocenters. The van der Waals surface area contributed by atoms with Gasteiger partial charge in [-0.05, 0) is 39.3 Å². The summed E-state index contributed by atoms with van der Waals surface area (Å²) in [4.78, 5) is 26.7. The van der Waals surface area contributed by atoms with E-state index in [0.29, 0.717) is 18.0 Å². The smallest absolute Gasteiger partial charge is 0.249 e. The molecule has 0 radical (unpaired) electrons. The number of nitrogens with one attached hydrogen (secondary N) is 1. The quantitative estimate of drug-likeness (QED) is 0.902. The maximum atomic E-state index is 12.9. The number of fused-ring (bicyclic) bond motifs is 1. The fourth-order valence-electron chi connectivity index (χ4n) is 3.70. The van der Waals surface area contributed by atoms with Gasteiger partial charge in [0.05, 0.1) is 16.3 Å². The van der Waals surface area contributed by atoms with Crippen molar-refractivity contribution in [3.63, 3.8) is 0 Å². The SMILES string of the molecule is Cc1ccc(-n2nc(C)cc2NC(=O)[C@H]2CS[C@]3(C)CCC(=O)N23)cc1. The molecule has 2 aromatic rings. The zero-order valence-corrected chi connectivity index (χ0v) is 16.0. The van der Waals surface area contributed by atoms with Gasteiger partial charge in [-0.3, -0.25) is 9.59 Å². The predicted molar refractivity (Wildman–Crippen MR) is 102 cm³/mol. The zero-order chi connectivity index (χ0) is 18.5. The second-order valence-electron chi connectivity index (χ2n) is 7.17. The molecule has 3 heterocycles. The van der Waals surface area contributed by atoms with Crippen LogP contribution < -0.4 is 5.32 Å². The molecule has 2 saturated heterocycles. The molecule has 1 N–H and O–H groups in total. The minimum Gasteiger partial charge on any atom is -0.315 e. The van der Waals surface area contributed by atoms with E-state index in [1.54, 1.807) is 21.3 Å². The van der Waals surface area contributed by atoms with Crippen molar-refractivity contribution in [2.45, 2.75) is 44.5 Å². The van der Waals surface area contributed by atoms with Crippen LogP contribution in [0.5, 0.6) is 0 Å². The first kappa shape index (κ1) is 17.1. The number of aryl methyl sites for hydroxylation is 2. The number of benzene rings is 1. The lowest BCUT2D eigenvalue weighted by molar-refractivity contribution is -0.135. The molecule has 2 amide bonds. The number of amides is 2. The second-order valence-corrected chi connectivity index (χ2v) is 8.67. The van der Waals surface area contributed by atoms with E-state index in [2.05, 4.69) is 17.3 Å². The molecule has 26 heavy (non-hydrogen) atoms. The van der Waals surface area contributed by atoms with Gasteiger partial charge >= 0.3 is 0 Å². The summed E-state index contributed by atoms with van der Waals surface area (Å²) in [5.41, 5.74) is 2.88. The van der Waals surface area contributed by atoms with Gasteiger partial charge in [0.25, 0.3) is 0 Å². The van der Waals surface area contributed by atoms with Crippen LogP contribution in [-0.2, 0) is 9.59 Å². The normalized spacial score (nSPS) is 24.8. The van der Waals surface area contributed by atoms with Crippen LogP contribution in [-0.4, -0.2) is 43.2 Å². The van der Waals surface area contributed by atoms with Crippen molar-refractivity contribution in [3.05, 3.63) is 41.6 Å². The van der Waals surface area contributed by atoms with Gasteiger partial charge in [-0.15, -0.1) is 11.8 Å². The van der Waals surface area contributed by atoms with E-state index < -0.39 is 6.04 Å². The van der Waals surface area contributed by atoms with Gasteiger partial charge in [-0.25, -0.2) is 4.68 Å². The summed E-state index contributed by atoms with van der Waals surface area (Å²) in [6.07, 6.45) is 1.33. The van der Waals surface area contributed by atoms with E-state index in [1.165, 1.54) is 0 Å². The Morgan fingerprint density at radius 3 is 2.77 bits per heavy atom. The molecule has 2 aliphatic heterocycles. The number of nitrogens with zero attached hydrogens (tertiary/aromatic N) is 3. The number of carbonyl (C=O) groups is 2. The maximum absolute atomic E-state index is 12.9. The third-order valence-corrected chi connectivity index (χ3v) is 6.61. The minimum absolute atomic E-state index is 0.0703. The molecule has 2 fully saturated rings. The number of hydrogen-bond acceptors (Lipinski definition) is 4. The van der Waals surface area contributed by atoms with Crippen molar-refractivity contribution in [3.8, 4) is 5.69 Å². The highest BCUT2D eigenvalue weighted by molar-refractivity contribution is 8.01. The molecule has 0 saturated carbocycles. The summed E-state index contributed by atoms with van der Waals surface area (Å²) in [5, 5.41) is 7.49. The summed E-state index contributed by atoms with van der Waals surface area (Å²) in [6.45, 7) is 5.98. The monoisotopic (exact) mass is 370 g/mol. The van der Waals surface area contributed by atoms with Crippen molar-refractivity contribution >= 4 is 29.4 Å². The number of aromatic nitrogens is 2. The Morgan fingerprint density at radius 1 is 1.31 bits per heavy atom. The first-order valence-electron chi connectivity index (χ1n) is 8.78. The molecule has 1 aromatic carbocycles. The second kappa shape index (κ2) is 6.16. The third-order valence-electron chi connectivity index (χ3n) is 5.11. The molecule has 0 unspecified atom stereocenters. The molecular weight excluding hydrogens is 348 g/mol. The van der Waals surface area contributed by atoms with E-state index in [-0.39, 0.29) is 16.7 Å². The maximum Gasteiger partial charge on any atom is 0.249 e. The van der Waals surface area contributed by atoms with Crippen molar-refractivity contribution in [1.29, 1.82) is 0 Å². The van der Waals surface area contributed by atoms with Gasteiger partial charge in [0.15, 0.2) is 0 Å². The Labute approximate surface area is 156 Å². The fraction of sp³-hybridized carbons (Fsp3) is 0.421. The van der Waals surface area contributed by atoms with Crippen molar-refractivity contribution in [1.82, 2.24) is 14.7 Å². The Kier molecular flexibility index (Phi) is 4.06. The highest BCUT2D eigenvalue weighted by atomic mass is 32.2. The van der Waals surface area contributed by atoms with E-state index in [0.717, 1.165) is 23.4 Å². The molecule has 6 nitrogen and oxygen atoms in total. The highest BCUT2D eigenvalue weighted by Gasteiger charge is 2.52. The average molecular weight is 370 g/mol. The number of anilines is 1. The van der Waals surface area contributed by atoms with Gasteiger partial charge in [-0.2, -0.15) is 5.10 Å².